The lowest BCUT2D eigenvalue weighted by molar-refractivity contribution is -0.120. The van der Waals surface area contributed by atoms with Crippen LogP contribution in [0.5, 0.6) is 0 Å². The summed E-state index contributed by atoms with van der Waals surface area (Å²) in [6.45, 7) is 9.26. The van der Waals surface area contributed by atoms with E-state index in [4.69, 9.17) is 8.83 Å². The number of benzene rings is 1. The smallest absolute Gasteiger partial charge is 0.340 e. The van der Waals surface area contributed by atoms with Gasteiger partial charge in [-0.05, 0) is 77.5 Å². The van der Waals surface area contributed by atoms with Gasteiger partial charge >= 0.3 is 5.63 Å². The molecule has 0 bridgehead atoms. The molecular weight excluding hydrogens is 356 g/mol. The zero-order valence-corrected chi connectivity index (χ0v) is 17.5. The zero-order valence-electron chi connectivity index (χ0n) is 17.5. The van der Waals surface area contributed by atoms with Crippen molar-refractivity contribution in [1.29, 1.82) is 0 Å². The summed E-state index contributed by atoms with van der Waals surface area (Å²) in [5, 5.41) is 4.69. The van der Waals surface area contributed by atoms with Gasteiger partial charge in [-0.3, -0.25) is 4.79 Å². The summed E-state index contributed by atoms with van der Waals surface area (Å²) in [5.74, 6) is 0.667. The van der Waals surface area contributed by atoms with E-state index in [9.17, 15) is 9.59 Å². The van der Waals surface area contributed by atoms with Crippen molar-refractivity contribution >= 4 is 27.8 Å². The van der Waals surface area contributed by atoms with Gasteiger partial charge in [-0.25, -0.2) is 4.79 Å². The van der Waals surface area contributed by atoms with Crippen LogP contribution in [-0.2, 0) is 11.2 Å². The molecule has 1 amide bonds. The maximum atomic E-state index is 12.5. The van der Waals surface area contributed by atoms with Crippen LogP contribution >= 0.6 is 0 Å². The second-order valence-electron chi connectivity index (χ2n) is 7.73. The highest BCUT2D eigenvalue weighted by molar-refractivity contribution is 6.07. The van der Waals surface area contributed by atoms with Gasteiger partial charge in [0.2, 0.25) is 5.91 Å². The molecule has 0 radical (unpaired) electrons. The number of furan rings is 1. The molecule has 1 N–H and O–H groups in total. The number of hydrogen-bond acceptors (Lipinski definition) is 5. The van der Waals surface area contributed by atoms with Gasteiger partial charge in [0.05, 0.1) is 17.4 Å². The molecule has 6 nitrogen and oxygen atoms in total. The summed E-state index contributed by atoms with van der Waals surface area (Å²) < 4.78 is 11.6. The highest BCUT2D eigenvalue weighted by Gasteiger charge is 2.21. The lowest BCUT2D eigenvalue weighted by atomic mass is 9.98. The Labute approximate surface area is 164 Å². The molecule has 3 aromatic rings. The first-order chi connectivity index (χ1) is 13.2. The molecule has 0 fully saturated rings. The summed E-state index contributed by atoms with van der Waals surface area (Å²) in [4.78, 5) is 27.0. The van der Waals surface area contributed by atoms with Gasteiger partial charge in [-0.1, -0.05) is 0 Å². The third-order valence-corrected chi connectivity index (χ3v) is 5.32. The van der Waals surface area contributed by atoms with Crippen LogP contribution in [0.25, 0.3) is 21.9 Å². The van der Waals surface area contributed by atoms with Crippen molar-refractivity contribution in [3.63, 3.8) is 0 Å². The highest BCUT2D eigenvalue weighted by atomic mass is 16.4. The molecule has 0 aliphatic rings. The first kappa shape index (κ1) is 20.1. The monoisotopic (exact) mass is 384 g/mol. The predicted octanol–water partition coefficient (Wildman–Crippen LogP) is 3.38. The minimum Gasteiger partial charge on any atom is -0.460 e. The van der Waals surface area contributed by atoms with Crippen LogP contribution in [0.15, 0.2) is 19.7 Å². The van der Waals surface area contributed by atoms with Crippen molar-refractivity contribution in [2.24, 2.45) is 0 Å². The van der Waals surface area contributed by atoms with Gasteiger partial charge in [-0.2, -0.15) is 0 Å². The molecule has 0 aliphatic carbocycles. The number of nitrogens with one attached hydrogen (secondary N) is 1. The number of hydrogen-bond donors (Lipinski definition) is 1. The molecular formula is C22H28N2O4. The fourth-order valence-electron chi connectivity index (χ4n) is 3.68. The van der Waals surface area contributed by atoms with Crippen molar-refractivity contribution < 1.29 is 13.6 Å². The van der Waals surface area contributed by atoms with Crippen molar-refractivity contribution in [3.8, 4) is 0 Å². The summed E-state index contributed by atoms with van der Waals surface area (Å²) in [6.07, 6.45) is 0.856. The molecule has 150 valence electrons. The van der Waals surface area contributed by atoms with Crippen LogP contribution in [0.2, 0.25) is 0 Å². The molecule has 28 heavy (non-hydrogen) atoms. The van der Waals surface area contributed by atoms with Crippen LogP contribution < -0.4 is 10.9 Å². The van der Waals surface area contributed by atoms with Crippen LogP contribution in [0, 0.1) is 27.7 Å². The largest absolute Gasteiger partial charge is 0.460 e. The first-order valence-corrected chi connectivity index (χ1v) is 9.57. The maximum absolute atomic E-state index is 12.5. The molecule has 0 spiro atoms. The van der Waals surface area contributed by atoms with Crippen LogP contribution in [0.1, 0.15) is 34.4 Å². The van der Waals surface area contributed by atoms with Crippen molar-refractivity contribution in [2.75, 3.05) is 27.2 Å². The lowest BCUT2D eigenvalue weighted by Crippen LogP contribution is -2.30. The van der Waals surface area contributed by atoms with Crippen LogP contribution in [0.3, 0.4) is 0 Å². The Morgan fingerprint density at radius 1 is 1.07 bits per heavy atom. The minimum atomic E-state index is -0.466. The fourth-order valence-corrected chi connectivity index (χ4v) is 3.68. The number of fused-ring (bicyclic) bond motifs is 3. The Hall–Kier alpha value is -2.60. The zero-order chi connectivity index (χ0) is 20.6. The third kappa shape index (κ3) is 3.69. The SMILES string of the molecule is Cc1oc2c(c(C)cc3oc(=O)c(CC(=O)NCCCN(C)C)c(C)c32)c1C. The molecule has 2 heterocycles. The quantitative estimate of drug-likeness (QED) is 0.521. The van der Waals surface area contributed by atoms with E-state index in [1.165, 1.54) is 0 Å². The molecule has 0 atom stereocenters. The second-order valence-corrected chi connectivity index (χ2v) is 7.73. The number of rotatable bonds is 6. The van der Waals surface area contributed by atoms with E-state index in [0.717, 1.165) is 51.8 Å². The predicted molar refractivity (Wildman–Crippen MR) is 111 cm³/mol. The fraction of sp³-hybridized carbons (Fsp3) is 0.455. The molecule has 0 saturated carbocycles. The van der Waals surface area contributed by atoms with Crippen molar-refractivity contribution in [2.45, 2.75) is 40.5 Å². The number of amides is 1. The lowest BCUT2D eigenvalue weighted by Gasteiger charge is -2.11. The van der Waals surface area contributed by atoms with Crippen LogP contribution in [0.4, 0.5) is 0 Å². The summed E-state index contributed by atoms with van der Waals surface area (Å²) in [6, 6.07) is 1.87. The average Bonchev–Trinajstić information content (AvgIpc) is 2.90. The van der Waals surface area contributed by atoms with Crippen molar-refractivity contribution in [1.82, 2.24) is 10.2 Å². The summed E-state index contributed by atoms with van der Waals surface area (Å²) >= 11 is 0. The molecule has 0 aliphatic heterocycles. The highest BCUT2D eigenvalue weighted by Crippen LogP contribution is 2.35. The standard InChI is InChI=1S/C22H28N2O4/c1-12-10-17-20(21-19(12)13(2)15(4)27-21)14(3)16(22(26)28-17)11-18(25)23-8-7-9-24(5)6/h10H,7-9,11H2,1-6H3,(H,23,25). The Balaban J connectivity index is 1.99. The maximum Gasteiger partial charge on any atom is 0.340 e. The Bertz CT molecular complexity index is 1110. The summed E-state index contributed by atoms with van der Waals surface area (Å²) in [7, 11) is 3.98. The number of carbonyl (C=O) groups is 1. The molecule has 0 saturated heterocycles. The van der Waals surface area contributed by atoms with Gasteiger partial charge in [0.25, 0.3) is 0 Å². The van der Waals surface area contributed by atoms with E-state index >= 15 is 0 Å². The van der Waals surface area contributed by atoms with E-state index in [2.05, 4.69) is 10.2 Å². The van der Waals surface area contributed by atoms with Crippen molar-refractivity contribution in [3.05, 3.63) is 44.5 Å². The van der Waals surface area contributed by atoms with Gasteiger partial charge < -0.3 is 19.1 Å². The topological polar surface area (TPSA) is 75.7 Å². The minimum absolute atomic E-state index is 0.000113. The number of carbonyl (C=O) groups excluding carboxylic acids is 1. The van der Waals surface area contributed by atoms with E-state index in [-0.39, 0.29) is 12.3 Å². The Morgan fingerprint density at radius 3 is 2.46 bits per heavy atom. The second kappa shape index (κ2) is 7.80. The van der Waals surface area contributed by atoms with Gasteiger partial charge in [0, 0.05) is 11.9 Å². The van der Waals surface area contributed by atoms with E-state index in [0.29, 0.717) is 17.7 Å². The molecule has 3 rings (SSSR count). The van der Waals surface area contributed by atoms with E-state index in [1.54, 1.807) is 0 Å². The molecule has 6 heteroatoms. The molecule has 1 aromatic carbocycles. The van der Waals surface area contributed by atoms with Gasteiger partial charge in [0.1, 0.15) is 16.9 Å². The summed E-state index contributed by atoms with van der Waals surface area (Å²) in [5.41, 5.74) is 3.97. The normalized spacial score (nSPS) is 11.7. The van der Waals surface area contributed by atoms with Gasteiger partial charge in [-0.15, -0.1) is 0 Å². The first-order valence-electron chi connectivity index (χ1n) is 9.57. The third-order valence-electron chi connectivity index (χ3n) is 5.32. The number of nitrogens with zero attached hydrogens (tertiary/aromatic N) is 1. The molecule has 2 aromatic heterocycles. The molecule has 0 unspecified atom stereocenters. The van der Waals surface area contributed by atoms with Crippen LogP contribution in [-0.4, -0.2) is 38.0 Å². The van der Waals surface area contributed by atoms with E-state index in [1.807, 2.05) is 47.9 Å². The Kier molecular flexibility index (Phi) is 5.61. The van der Waals surface area contributed by atoms with E-state index < -0.39 is 5.63 Å². The average molecular weight is 384 g/mol. The van der Waals surface area contributed by atoms with Gasteiger partial charge in [0.15, 0.2) is 0 Å². The Morgan fingerprint density at radius 2 is 1.79 bits per heavy atom. The number of aryl methyl sites for hydroxylation is 4.